The van der Waals surface area contributed by atoms with Crippen molar-refractivity contribution >= 4 is 38.9 Å². The van der Waals surface area contributed by atoms with Gasteiger partial charge in [0.15, 0.2) is 0 Å². The van der Waals surface area contributed by atoms with Gasteiger partial charge in [0.2, 0.25) is 0 Å². The first-order valence-electron chi connectivity index (χ1n) is 5.91. The number of anilines is 1. The van der Waals surface area contributed by atoms with E-state index in [4.69, 9.17) is 9.84 Å². The number of halogens is 1. The second-order valence-electron chi connectivity index (χ2n) is 4.20. The summed E-state index contributed by atoms with van der Waals surface area (Å²) in [5, 5.41) is 12.3. The lowest BCUT2D eigenvalue weighted by Crippen LogP contribution is -2.01. The number of aryl methyl sites for hydroxylation is 1. The number of carboxylic acid groups (broad SMARTS) is 1. The maximum Gasteiger partial charge on any atom is 0.345 e. The maximum absolute atomic E-state index is 10.9. The molecule has 0 saturated carbocycles. The molecule has 20 heavy (non-hydrogen) atoms. The zero-order valence-corrected chi connectivity index (χ0v) is 13.5. The van der Waals surface area contributed by atoms with Gasteiger partial charge in [-0.25, -0.2) is 4.79 Å². The van der Waals surface area contributed by atoms with Crippen molar-refractivity contribution in [3.8, 4) is 5.75 Å². The summed E-state index contributed by atoms with van der Waals surface area (Å²) in [5.41, 5.74) is 1.90. The molecule has 0 bridgehead atoms. The molecule has 0 fully saturated rings. The van der Waals surface area contributed by atoms with Crippen LogP contribution in [-0.2, 0) is 6.54 Å². The van der Waals surface area contributed by atoms with Crippen LogP contribution >= 0.6 is 27.3 Å². The lowest BCUT2D eigenvalue weighted by molar-refractivity contribution is 0.0702. The number of ether oxygens (including phenoxy) is 1. The molecule has 6 heteroatoms. The van der Waals surface area contributed by atoms with Gasteiger partial charge in [-0.3, -0.25) is 0 Å². The van der Waals surface area contributed by atoms with Crippen molar-refractivity contribution in [3.05, 3.63) is 44.1 Å². The van der Waals surface area contributed by atoms with Crippen LogP contribution in [0.15, 0.2) is 28.7 Å². The molecule has 1 heterocycles. The Labute approximate surface area is 129 Å². The fourth-order valence-corrected chi connectivity index (χ4v) is 3.03. The highest BCUT2D eigenvalue weighted by atomic mass is 79.9. The Morgan fingerprint density at radius 2 is 2.20 bits per heavy atom. The van der Waals surface area contributed by atoms with Gasteiger partial charge in [0.1, 0.15) is 10.6 Å². The first kappa shape index (κ1) is 14.9. The van der Waals surface area contributed by atoms with Crippen molar-refractivity contribution in [1.82, 2.24) is 0 Å². The van der Waals surface area contributed by atoms with Crippen LogP contribution in [0.2, 0.25) is 0 Å². The normalized spacial score (nSPS) is 10.3. The van der Waals surface area contributed by atoms with E-state index in [1.165, 1.54) is 11.3 Å². The second kappa shape index (κ2) is 6.28. The third kappa shape index (κ3) is 3.32. The molecule has 1 aromatic heterocycles. The molecule has 4 nitrogen and oxygen atoms in total. The molecular formula is C14H14BrNO3S. The zero-order valence-electron chi connectivity index (χ0n) is 11.1. The van der Waals surface area contributed by atoms with E-state index in [-0.39, 0.29) is 0 Å². The van der Waals surface area contributed by atoms with Crippen LogP contribution in [0, 0.1) is 6.92 Å². The summed E-state index contributed by atoms with van der Waals surface area (Å²) in [6, 6.07) is 7.38. The number of rotatable bonds is 5. The predicted octanol–water partition coefficient (Wildman–Crippen LogP) is 4.14. The molecule has 0 aliphatic carbocycles. The van der Waals surface area contributed by atoms with E-state index in [9.17, 15) is 4.79 Å². The monoisotopic (exact) mass is 355 g/mol. The fraction of sp³-hybridized carbons (Fsp3) is 0.214. The standard InChI is InChI=1S/C14H14BrNO3S/c1-8-9(5-13(20-8)14(17)18)7-16-12-6-10(19-2)3-4-11(12)15/h3-6,16H,7H2,1-2H3,(H,17,18). The van der Waals surface area contributed by atoms with Crippen molar-refractivity contribution in [2.45, 2.75) is 13.5 Å². The maximum atomic E-state index is 10.9. The van der Waals surface area contributed by atoms with Gasteiger partial charge < -0.3 is 15.2 Å². The van der Waals surface area contributed by atoms with Crippen molar-refractivity contribution in [3.63, 3.8) is 0 Å². The molecule has 0 saturated heterocycles. The Kier molecular flexibility index (Phi) is 4.67. The number of carbonyl (C=O) groups is 1. The highest BCUT2D eigenvalue weighted by Crippen LogP contribution is 2.29. The topological polar surface area (TPSA) is 58.6 Å². The van der Waals surface area contributed by atoms with Crippen molar-refractivity contribution < 1.29 is 14.6 Å². The molecule has 2 rings (SSSR count). The summed E-state index contributed by atoms with van der Waals surface area (Å²) < 4.78 is 6.12. The third-order valence-corrected chi connectivity index (χ3v) is 4.65. The van der Waals surface area contributed by atoms with E-state index in [0.29, 0.717) is 11.4 Å². The molecule has 0 amide bonds. The van der Waals surface area contributed by atoms with Gasteiger partial charge in [0.25, 0.3) is 0 Å². The first-order chi connectivity index (χ1) is 9.51. The van der Waals surface area contributed by atoms with Gasteiger partial charge in [-0.05, 0) is 46.6 Å². The molecule has 2 aromatic rings. The van der Waals surface area contributed by atoms with Crippen LogP contribution in [0.3, 0.4) is 0 Å². The molecule has 2 N–H and O–H groups in total. The Bertz CT molecular complexity index is 639. The highest BCUT2D eigenvalue weighted by Gasteiger charge is 2.11. The highest BCUT2D eigenvalue weighted by molar-refractivity contribution is 9.10. The van der Waals surface area contributed by atoms with Gasteiger partial charge in [-0.2, -0.15) is 0 Å². The van der Waals surface area contributed by atoms with Crippen LogP contribution in [0.5, 0.6) is 5.75 Å². The summed E-state index contributed by atoms with van der Waals surface area (Å²) in [6.07, 6.45) is 0. The Balaban J connectivity index is 2.14. The van der Waals surface area contributed by atoms with Crippen LogP contribution in [0.25, 0.3) is 0 Å². The molecule has 1 aromatic carbocycles. The predicted molar refractivity (Wildman–Crippen MR) is 84.0 cm³/mol. The zero-order chi connectivity index (χ0) is 14.7. The first-order valence-corrected chi connectivity index (χ1v) is 7.52. The summed E-state index contributed by atoms with van der Waals surface area (Å²) in [7, 11) is 1.62. The fourth-order valence-electron chi connectivity index (χ4n) is 1.76. The lowest BCUT2D eigenvalue weighted by Gasteiger charge is -2.10. The quantitative estimate of drug-likeness (QED) is 0.846. The van der Waals surface area contributed by atoms with E-state index >= 15 is 0 Å². The number of thiophene rings is 1. The Hall–Kier alpha value is -1.53. The Morgan fingerprint density at radius 1 is 1.45 bits per heavy atom. The lowest BCUT2D eigenvalue weighted by atomic mass is 10.2. The smallest absolute Gasteiger partial charge is 0.345 e. The molecule has 0 aliphatic rings. The number of benzene rings is 1. The average Bonchev–Trinajstić information content (AvgIpc) is 2.79. The molecule has 106 valence electrons. The van der Waals surface area contributed by atoms with E-state index in [1.807, 2.05) is 25.1 Å². The number of carboxylic acids is 1. The number of hydrogen-bond donors (Lipinski definition) is 2. The van der Waals surface area contributed by atoms with Gasteiger partial charge >= 0.3 is 5.97 Å². The SMILES string of the molecule is COc1ccc(Br)c(NCc2cc(C(=O)O)sc2C)c1. The van der Waals surface area contributed by atoms with Crippen LogP contribution in [0.4, 0.5) is 5.69 Å². The Morgan fingerprint density at radius 3 is 2.80 bits per heavy atom. The number of aromatic carboxylic acids is 1. The van der Waals surface area contributed by atoms with Gasteiger partial charge in [0, 0.05) is 22.0 Å². The second-order valence-corrected chi connectivity index (χ2v) is 6.31. The van der Waals surface area contributed by atoms with Crippen molar-refractivity contribution in [2.75, 3.05) is 12.4 Å². The minimum Gasteiger partial charge on any atom is -0.497 e. The molecule has 0 unspecified atom stereocenters. The summed E-state index contributed by atoms with van der Waals surface area (Å²) in [6.45, 7) is 2.50. The molecule has 0 radical (unpaired) electrons. The summed E-state index contributed by atoms with van der Waals surface area (Å²) in [4.78, 5) is 12.3. The average molecular weight is 356 g/mol. The van der Waals surface area contributed by atoms with Crippen molar-refractivity contribution in [1.29, 1.82) is 0 Å². The molecule has 0 spiro atoms. The van der Waals surface area contributed by atoms with E-state index in [2.05, 4.69) is 21.2 Å². The summed E-state index contributed by atoms with van der Waals surface area (Å²) in [5.74, 6) is -0.115. The van der Waals surface area contributed by atoms with Gasteiger partial charge in [0.05, 0.1) is 12.8 Å². The number of hydrogen-bond acceptors (Lipinski definition) is 4. The van der Waals surface area contributed by atoms with Crippen LogP contribution in [0.1, 0.15) is 20.1 Å². The minimum absolute atomic E-state index is 0.365. The van der Waals surface area contributed by atoms with Crippen LogP contribution in [-0.4, -0.2) is 18.2 Å². The largest absolute Gasteiger partial charge is 0.497 e. The molecule has 0 atom stereocenters. The van der Waals surface area contributed by atoms with Crippen molar-refractivity contribution in [2.24, 2.45) is 0 Å². The summed E-state index contributed by atoms with van der Waals surface area (Å²) >= 11 is 4.76. The van der Waals surface area contributed by atoms with E-state index in [1.54, 1.807) is 13.2 Å². The van der Waals surface area contributed by atoms with E-state index in [0.717, 1.165) is 26.4 Å². The molecular weight excluding hydrogens is 342 g/mol. The van der Waals surface area contributed by atoms with Gasteiger partial charge in [-0.1, -0.05) is 0 Å². The third-order valence-electron chi connectivity index (χ3n) is 2.87. The number of methoxy groups -OCH3 is 1. The van der Waals surface area contributed by atoms with E-state index < -0.39 is 5.97 Å². The number of nitrogens with one attached hydrogen (secondary N) is 1. The van der Waals surface area contributed by atoms with Crippen LogP contribution < -0.4 is 10.1 Å². The molecule has 0 aliphatic heterocycles. The van der Waals surface area contributed by atoms with Gasteiger partial charge in [-0.15, -0.1) is 11.3 Å². The minimum atomic E-state index is -0.882.